The fourth-order valence-electron chi connectivity index (χ4n) is 1.34. The molecule has 1 unspecified atom stereocenters. The number of rotatable bonds is 5. The van der Waals surface area contributed by atoms with Gasteiger partial charge in [0.15, 0.2) is 0 Å². The molecule has 0 bridgehead atoms. The maximum absolute atomic E-state index is 11.5. The first-order chi connectivity index (χ1) is 8.02. The van der Waals surface area contributed by atoms with Crippen LogP contribution in [0.4, 0.5) is 0 Å². The fourth-order valence-corrected chi connectivity index (χ4v) is 3.49. The third-order valence-corrected chi connectivity index (χ3v) is 4.78. The summed E-state index contributed by atoms with van der Waals surface area (Å²) in [6, 6.07) is -1.12. The third kappa shape index (κ3) is 4.73. The van der Waals surface area contributed by atoms with Gasteiger partial charge in [0.2, 0.25) is 0 Å². The Balaban J connectivity index is 2.51. The molecule has 0 aliphatic carbocycles. The highest BCUT2D eigenvalue weighted by Crippen LogP contribution is 2.58. The van der Waals surface area contributed by atoms with Crippen LogP contribution in [0.2, 0.25) is 0 Å². The molecule has 0 aromatic carbocycles. The van der Waals surface area contributed by atoms with Gasteiger partial charge in [-0.3, -0.25) is 4.57 Å². The van der Waals surface area contributed by atoms with Crippen molar-refractivity contribution >= 4 is 23.3 Å². The maximum atomic E-state index is 11.5. The van der Waals surface area contributed by atoms with Crippen LogP contribution in [-0.2, 0) is 22.7 Å². The Morgan fingerprint density at radius 2 is 1.83 bits per heavy atom. The Hall–Kier alpha value is 0.245. The molecule has 9 nitrogen and oxygen atoms in total. The quantitative estimate of drug-likeness (QED) is 0.354. The van der Waals surface area contributed by atoms with Gasteiger partial charge in [0.05, 0.1) is 12.7 Å². The summed E-state index contributed by atoms with van der Waals surface area (Å²) in [7, 11) is -3.68. The first kappa shape index (κ1) is 16.3. The lowest BCUT2D eigenvalue weighted by atomic mass is 9.93. The Kier molecular flexibility index (Phi) is 5.17. The Bertz CT molecular complexity index is 383. The number of hydrogen-bond acceptors (Lipinski definition) is 7. The van der Waals surface area contributed by atoms with Crippen LogP contribution in [0.15, 0.2) is 0 Å². The molecular formula is C6H13BO9P2. The largest absolute Gasteiger partial charge is 0.476 e. The summed E-state index contributed by atoms with van der Waals surface area (Å²) in [5.41, 5.74) is 0. The van der Waals surface area contributed by atoms with Crippen LogP contribution in [-0.4, -0.2) is 65.4 Å². The predicted octanol–water partition coefficient (Wildman–Crippen LogP) is -1.45. The van der Waals surface area contributed by atoms with Crippen molar-refractivity contribution in [3.05, 3.63) is 0 Å². The van der Waals surface area contributed by atoms with Gasteiger partial charge in [0, 0.05) is 12.7 Å². The van der Waals surface area contributed by atoms with Crippen LogP contribution < -0.4 is 0 Å². The smallest absolute Gasteiger partial charge is 0.388 e. The van der Waals surface area contributed by atoms with Crippen molar-refractivity contribution in [1.29, 1.82) is 0 Å². The van der Waals surface area contributed by atoms with Crippen molar-refractivity contribution < 1.29 is 42.7 Å². The van der Waals surface area contributed by atoms with E-state index in [0.717, 1.165) is 6.66 Å². The van der Waals surface area contributed by atoms with E-state index in [9.17, 15) is 19.3 Å². The van der Waals surface area contributed by atoms with Gasteiger partial charge in [-0.1, -0.05) is 0 Å². The molecule has 1 rings (SSSR count). The van der Waals surface area contributed by atoms with Gasteiger partial charge in [-0.15, -0.1) is 0 Å². The second-order valence-corrected chi connectivity index (χ2v) is 7.19. The highest BCUT2D eigenvalue weighted by atomic mass is 31.3. The molecule has 0 aromatic rings. The van der Waals surface area contributed by atoms with Crippen molar-refractivity contribution in [3.63, 3.8) is 0 Å². The summed E-state index contributed by atoms with van der Waals surface area (Å²) in [6.45, 7) is 0.351. The zero-order valence-corrected chi connectivity index (χ0v) is 11.1. The normalized spacial score (nSPS) is 36.5. The molecule has 0 aromatic heterocycles. The van der Waals surface area contributed by atoms with Crippen molar-refractivity contribution in [2.24, 2.45) is 0 Å². The Labute approximate surface area is 104 Å². The van der Waals surface area contributed by atoms with Crippen LogP contribution in [0.3, 0.4) is 0 Å². The fraction of sp³-hybridized carbons (Fsp3) is 1.00. The van der Waals surface area contributed by atoms with E-state index < -0.39 is 46.3 Å². The number of hydrogen-bond donors (Lipinski definition) is 4. The highest BCUT2D eigenvalue weighted by Gasteiger charge is 2.41. The standard InChI is InChI=1S/C6H13BO9P2/c1-17(10,16-18(11,12)13)14-2-3-4(8)5(9)6(7)15-3/h3-6,8-9H,2H2,1H3,(H2,11,12,13)/t3-,4-,5-,6-,17?/m1/s1. The predicted molar refractivity (Wildman–Crippen MR) is 59.0 cm³/mol. The van der Waals surface area contributed by atoms with E-state index in [2.05, 4.69) is 8.83 Å². The van der Waals surface area contributed by atoms with E-state index in [-0.39, 0.29) is 0 Å². The average molecular weight is 302 g/mol. The maximum Gasteiger partial charge on any atom is 0.476 e. The zero-order valence-electron chi connectivity index (χ0n) is 9.32. The molecule has 2 radical (unpaired) electrons. The molecule has 1 fully saturated rings. The van der Waals surface area contributed by atoms with E-state index in [1.807, 2.05) is 0 Å². The number of aliphatic hydroxyl groups is 2. The van der Waals surface area contributed by atoms with Crippen LogP contribution in [0.1, 0.15) is 0 Å². The third-order valence-electron chi connectivity index (χ3n) is 2.13. The van der Waals surface area contributed by atoms with Crippen molar-refractivity contribution in [3.8, 4) is 0 Å². The summed E-state index contributed by atoms with van der Waals surface area (Å²) in [6.07, 6.45) is -3.74. The van der Waals surface area contributed by atoms with Crippen LogP contribution in [0.25, 0.3) is 0 Å². The van der Waals surface area contributed by atoms with E-state index in [1.165, 1.54) is 0 Å². The molecule has 0 amide bonds. The van der Waals surface area contributed by atoms with E-state index in [0.29, 0.717) is 0 Å². The molecule has 0 saturated carbocycles. The summed E-state index contributed by atoms with van der Waals surface area (Å²) >= 11 is 0. The average Bonchev–Trinajstić information content (AvgIpc) is 2.39. The van der Waals surface area contributed by atoms with E-state index in [4.69, 9.17) is 22.4 Å². The zero-order chi connectivity index (χ0) is 14.1. The topological polar surface area (TPSA) is 143 Å². The molecule has 1 aliphatic heterocycles. The van der Waals surface area contributed by atoms with Gasteiger partial charge < -0.3 is 29.3 Å². The van der Waals surface area contributed by atoms with Crippen molar-refractivity contribution in [2.45, 2.75) is 24.3 Å². The summed E-state index contributed by atoms with van der Waals surface area (Å²) in [5, 5.41) is 18.7. The highest BCUT2D eigenvalue weighted by molar-refractivity contribution is 7.63. The summed E-state index contributed by atoms with van der Waals surface area (Å²) in [5.74, 6) is 0. The van der Waals surface area contributed by atoms with Crippen molar-refractivity contribution in [2.75, 3.05) is 13.3 Å². The lowest BCUT2D eigenvalue weighted by Gasteiger charge is -2.19. The summed E-state index contributed by atoms with van der Waals surface area (Å²) in [4.78, 5) is 17.0. The number of phosphoric acid groups is 1. The van der Waals surface area contributed by atoms with Gasteiger partial charge in [0.25, 0.3) is 0 Å². The minimum absolute atomic E-state index is 0.500. The lowest BCUT2D eigenvalue weighted by Crippen LogP contribution is -2.34. The molecule has 1 heterocycles. The molecular weight excluding hydrogens is 289 g/mol. The van der Waals surface area contributed by atoms with E-state index in [1.54, 1.807) is 0 Å². The first-order valence-corrected chi connectivity index (χ1v) is 8.30. The molecule has 1 saturated heterocycles. The SMILES string of the molecule is [B][C@@H]1O[C@H](COP(C)(=O)OP(=O)(O)O)[C@@H](O)[C@H]1O. The second kappa shape index (κ2) is 5.70. The molecule has 4 N–H and O–H groups in total. The summed E-state index contributed by atoms with van der Waals surface area (Å²) < 4.78 is 35.5. The van der Waals surface area contributed by atoms with Crippen LogP contribution >= 0.6 is 15.4 Å². The van der Waals surface area contributed by atoms with Gasteiger partial charge in [-0.25, -0.2) is 8.88 Å². The van der Waals surface area contributed by atoms with E-state index >= 15 is 0 Å². The lowest BCUT2D eigenvalue weighted by molar-refractivity contribution is -0.00439. The van der Waals surface area contributed by atoms with Gasteiger partial charge in [-0.05, 0) is 0 Å². The first-order valence-electron chi connectivity index (χ1n) is 4.78. The Morgan fingerprint density at radius 3 is 2.22 bits per heavy atom. The Morgan fingerprint density at radius 1 is 1.28 bits per heavy atom. The molecule has 0 spiro atoms. The molecule has 12 heteroatoms. The molecule has 1 aliphatic rings. The van der Waals surface area contributed by atoms with Crippen LogP contribution in [0, 0.1) is 0 Å². The van der Waals surface area contributed by atoms with Crippen molar-refractivity contribution in [1.82, 2.24) is 0 Å². The van der Waals surface area contributed by atoms with Gasteiger partial charge >= 0.3 is 15.4 Å². The molecule has 18 heavy (non-hydrogen) atoms. The minimum atomic E-state index is -4.95. The van der Waals surface area contributed by atoms with Crippen LogP contribution in [0.5, 0.6) is 0 Å². The molecule has 5 atom stereocenters. The number of aliphatic hydroxyl groups excluding tert-OH is 2. The van der Waals surface area contributed by atoms with Gasteiger partial charge in [0.1, 0.15) is 20.1 Å². The second-order valence-electron chi connectivity index (χ2n) is 3.76. The van der Waals surface area contributed by atoms with Gasteiger partial charge in [-0.2, -0.15) is 0 Å². The minimum Gasteiger partial charge on any atom is -0.388 e. The monoisotopic (exact) mass is 302 g/mol. The number of ether oxygens (including phenoxy) is 1. The molecule has 104 valence electrons.